The van der Waals surface area contributed by atoms with E-state index in [0.717, 1.165) is 47.7 Å². The quantitative estimate of drug-likeness (QED) is 0.674. The van der Waals surface area contributed by atoms with E-state index >= 15 is 0 Å². The van der Waals surface area contributed by atoms with E-state index in [1.165, 1.54) is 6.42 Å². The van der Waals surface area contributed by atoms with Crippen molar-refractivity contribution < 1.29 is 9.53 Å². The number of nitrogens with one attached hydrogen (secondary N) is 2. The van der Waals surface area contributed by atoms with Crippen molar-refractivity contribution >= 4 is 33.6 Å². The van der Waals surface area contributed by atoms with Crippen LogP contribution < -0.4 is 15.4 Å². The Morgan fingerprint density at radius 3 is 3.09 bits per heavy atom. The molecule has 122 valence electrons. The number of rotatable bonds is 8. The molecule has 0 aromatic heterocycles. The number of halogens is 1. The van der Waals surface area contributed by atoms with Crippen molar-refractivity contribution in [1.29, 1.82) is 0 Å². The summed E-state index contributed by atoms with van der Waals surface area (Å²) < 4.78 is 6.69. The van der Waals surface area contributed by atoms with E-state index in [2.05, 4.69) is 26.6 Å². The minimum Gasteiger partial charge on any atom is -0.493 e. The van der Waals surface area contributed by atoms with Crippen LogP contribution in [0.15, 0.2) is 28.7 Å². The molecule has 1 unspecified atom stereocenters. The van der Waals surface area contributed by atoms with Gasteiger partial charge in [0.25, 0.3) is 0 Å². The number of amides is 1. The van der Waals surface area contributed by atoms with E-state index in [9.17, 15) is 4.79 Å². The summed E-state index contributed by atoms with van der Waals surface area (Å²) in [6, 6.07) is 7.86. The van der Waals surface area contributed by atoms with Crippen molar-refractivity contribution in [2.45, 2.75) is 25.3 Å². The van der Waals surface area contributed by atoms with E-state index in [1.54, 1.807) is 11.8 Å². The van der Waals surface area contributed by atoms with Crippen LogP contribution in [-0.4, -0.2) is 43.2 Å². The summed E-state index contributed by atoms with van der Waals surface area (Å²) in [4.78, 5) is 11.9. The number of carbonyl (C=O) groups is 1. The highest BCUT2D eigenvalue weighted by Crippen LogP contribution is 2.17. The van der Waals surface area contributed by atoms with Gasteiger partial charge in [-0.3, -0.25) is 4.79 Å². The minimum absolute atomic E-state index is 0.0126. The summed E-state index contributed by atoms with van der Waals surface area (Å²) in [5.41, 5.74) is 0. The molecule has 0 radical (unpaired) electrons. The number of carbonyl (C=O) groups excluding carboxylic acids is 1. The van der Waals surface area contributed by atoms with Crippen molar-refractivity contribution in [1.82, 2.24) is 10.6 Å². The fourth-order valence-electron chi connectivity index (χ4n) is 2.32. The van der Waals surface area contributed by atoms with E-state index in [0.29, 0.717) is 6.61 Å². The molecule has 0 bridgehead atoms. The maximum Gasteiger partial charge on any atom is 0.237 e. The fraction of sp³-hybridized carbons (Fsp3) is 0.562. The molecule has 0 spiro atoms. The van der Waals surface area contributed by atoms with Gasteiger partial charge in [0.2, 0.25) is 5.91 Å². The van der Waals surface area contributed by atoms with Gasteiger partial charge in [-0.1, -0.05) is 28.4 Å². The number of ether oxygens (including phenoxy) is 1. The van der Waals surface area contributed by atoms with Crippen LogP contribution in [0, 0.1) is 0 Å². The first-order valence-corrected chi connectivity index (χ1v) is 9.68. The van der Waals surface area contributed by atoms with Crippen molar-refractivity contribution in [3.05, 3.63) is 28.7 Å². The molecular formula is C16H23BrN2O2S. The van der Waals surface area contributed by atoms with Crippen LogP contribution in [0.4, 0.5) is 0 Å². The minimum atomic E-state index is 0.0126. The molecule has 1 aliphatic heterocycles. The standard InChI is InChI=1S/C16H23BrN2O2S/c17-13-4-3-5-14(12-13)21-9-11-22-10-8-19-16(20)15-6-1-2-7-18-15/h3-5,12,15,18H,1-2,6-11H2,(H,19,20). The fourth-order valence-corrected chi connectivity index (χ4v) is 3.35. The highest BCUT2D eigenvalue weighted by molar-refractivity contribution is 9.10. The molecule has 4 nitrogen and oxygen atoms in total. The van der Waals surface area contributed by atoms with Crippen LogP contribution in [0.2, 0.25) is 0 Å². The van der Waals surface area contributed by atoms with Crippen LogP contribution in [0.5, 0.6) is 5.75 Å². The number of thioether (sulfide) groups is 1. The number of piperidine rings is 1. The lowest BCUT2D eigenvalue weighted by molar-refractivity contribution is -0.123. The van der Waals surface area contributed by atoms with Gasteiger partial charge in [-0.15, -0.1) is 0 Å². The highest BCUT2D eigenvalue weighted by Gasteiger charge is 2.19. The molecule has 1 saturated heterocycles. The van der Waals surface area contributed by atoms with Gasteiger partial charge < -0.3 is 15.4 Å². The van der Waals surface area contributed by atoms with E-state index in [-0.39, 0.29) is 11.9 Å². The second-order valence-corrected chi connectivity index (χ2v) is 7.35. The Labute approximate surface area is 144 Å². The Balaban J connectivity index is 1.48. The monoisotopic (exact) mass is 386 g/mol. The van der Waals surface area contributed by atoms with Gasteiger partial charge >= 0.3 is 0 Å². The van der Waals surface area contributed by atoms with Crippen LogP contribution >= 0.6 is 27.7 Å². The summed E-state index contributed by atoms with van der Waals surface area (Å²) in [6.07, 6.45) is 3.28. The second kappa shape index (κ2) is 10.1. The Morgan fingerprint density at radius 2 is 2.32 bits per heavy atom. The Morgan fingerprint density at radius 1 is 1.41 bits per heavy atom. The smallest absolute Gasteiger partial charge is 0.237 e. The molecule has 2 rings (SSSR count). The average molecular weight is 387 g/mol. The molecule has 1 heterocycles. The van der Waals surface area contributed by atoms with Crippen LogP contribution in [-0.2, 0) is 4.79 Å². The maximum atomic E-state index is 11.9. The topological polar surface area (TPSA) is 50.4 Å². The molecule has 1 atom stereocenters. The summed E-state index contributed by atoms with van der Waals surface area (Å²) in [7, 11) is 0. The van der Waals surface area contributed by atoms with Gasteiger partial charge in [-0.25, -0.2) is 0 Å². The van der Waals surface area contributed by atoms with E-state index in [4.69, 9.17) is 4.74 Å². The van der Waals surface area contributed by atoms with Gasteiger partial charge in [0, 0.05) is 22.5 Å². The Kier molecular flexibility index (Phi) is 8.12. The third kappa shape index (κ3) is 6.58. The predicted molar refractivity (Wildman–Crippen MR) is 95.6 cm³/mol. The van der Waals surface area contributed by atoms with Gasteiger partial charge in [0.1, 0.15) is 5.75 Å². The summed E-state index contributed by atoms with van der Waals surface area (Å²) in [5, 5.41) is 6.26. The van der Waals surface area contributed by atoms with Crippen molar-refractivity contribution in [3.63, 3.8) is 0 Å². The number of hydrogen-bond acceptors (Lipinski definition) is 4. The lowest BCUT2D eigenvalue weighted by atomic mass is 10.0. The maximum absolute atomic E-state index is 11.9. The van der Waals surface area contributed by atoms with Gasteiger partial charge in [0.05, 0.1) is 12.6 Å². The molecule has 1 fully saturated rings. The zero-order chi connectivity index (χ0) is 15.6. The Hall–Kier alpha value is -0.720. The number of benzene rings is 1. The molecule has 1 aromatic rings. The third-order valence-electron chi connectivity index (χ3n) is 3.46. The molecule has 1 aromatic carbocycles. The van der Waals surface area contributed by atoms with E-state index < -0.39 is 0 Å². The van der Waals surface area contributed by atoms with Crippen LogP contribution in [0.25, 0.3) is 0 Å². The van der Waals surface area contributed by atoms with Crippen molar-refractivity contribution in [2.75, 3.05) is 31.2 Å². The van der Waals surface area contributed by atoms with Crippen LogP contribution in [0.3, 0.4) is 0 Å². The predicted octanol–water partition coefficient (Wildman–Crippen LogP) is 2.82. The normalized spacial score (nSPS) is 18.0. The molecule has 1 amide bonds. The van der Waals surface area contributed by atoms with Crippen molar-refractivity contribution in [3.8, 4) is 5.75 Å². The summed E-state index contributed by atoms with van der Waals surface area (Å²) >= 11 is 5.21. The van der Waals surface area contributed by atoms with E-state index in [1.807, 2.05) is 24.3 Å². The molecular weight excluding hydrogens is 364 g/mol. The molecule has 1 aliphatic rings. The number of hydrogen-bond donors (Lipinski definition) is 2. The van der Waals surface area contributed by atoms with Crippen molar-refractivity contribution in [2.24, 2.45) is 0 Å². The highest BCUT2D eigenvalue weighted by atomic mass is 79.9. The summed E-state index contributed by atoms with van der Waals surface area (Å²) in [5.74, 6) is 2.86. The Bertz CT molecular complexity index is 467. The average Bonchev–Trinajstić information content (AvgIpc) is 2.54. The lowest BCUT2D eigenvalue weighted by Crippen LogP contribution is -2.47. The first kappa shape index (κ1) is 17.6. The molecule has 0 aliphatic carbocycles. The SMILES string of the molecule is O=C(NCCSCCOc1cccc(Br)c1)C1CCCCN1. The van der Waals surface area contributed by atoms with Gasteiger partial charge in [-0.05, 0) is 37.6 Å². The first-order valence-electron chi connectivity index (χ1n) is 7.73. The zero-order valence-corrected chi connectivity index (χ0v) is 15.0. The first-order chi connectivity index (χ1) is 10.8. The molecule has 22 heavy (non-hydrogen) atoms. The second-order valence-electron chi connectivity index (χ2n) is 5.21. The summed E-state index contributed by atoms with van der Waals surface area (Å²) in [6.45, 7) is 2.36. The molecule has 2 N–H and O–H groups in total. The lowest BCUT2D eigenvalue weighted by Gasteiger charge is -2.22. The van der Waals surface area contributed by atoms with Gasteiger partial charge in [-0.2, -0.15) is 11.8 Å². The molecule has 0 saturated carbocycles. The molecule has 6 heteroatoms. The van der Waals surface area contributed by atoms with Gasteiger partial charge in [0.15, 0.2) is 0 Å². The third-order valence-corrected chi connectivity index (χ3v) is 4.91. The largest absolute Gasteiger partial charge is 0.493 e. The van der Waals surface area contributed by atoms with Crippen LogP contribution in [0.1, 0.15) is 19.3 Å². The zero-order valence-electron chi connectivity index (χ0n) is 12.6.